The Bertz CT molecular complexity index is 496. The predicted octanol–water partition coefficient (Wildman–Crippen LogP) is 1.13. The van der Waals surface area contributed by atoms with Crippen LogP contribution in [-0.4, -0.2) is 39.4 Å². The summed E-state index contributed by atoms with van der Waals surface area (Å²) in [4.78, 5) is 23.4. The highest BCUT2D eigenvalue weighted by Gasteiger charge is 2.64. The van der Waals surface area contributed by atoms with Crippen LogP contribution in [0, 0.1) is 11.8 Å². The molecule has 5 nitrogen and oxygen atoms in total. The van der Waals surface area contributed by atoms with Crippen LogP contribution in [-0.2, 0) is 14.6 Å². The Morgan fingerprint density at radius 1 is 1.30 bits per heavy atom. The third-order valence-electron chi connectivity index (χ3n) is 5.22. The van der Waals surface area contributed by atoms with Gasteiger partial charge < -0.3 is 10.2 Å². The van der Waals surface area contributed by atoms with E-state index in [1.807, 2.05) is 20.8 Å². The van der Waals surface area contributed by atoms with E-state index in [0.29, 0.717) is 17.6 Å². The number of carbonyl (C=O) groups excluding carboxylic acids is 1. The van der Waals surface area contributed by atoms with Crippen molar-refractivity contribution >= 4 is 5.78 Å². The Kier molecular flexibility index (Phi) is 2.93. The molecule has 4 rings (SSSR count). The minimum atomic E-state index is -1.20. The van der Waals surface area contributed by atoms with Gasteiger partial charge in [-0.15, -0.1) is 0 Å². The van der Waals surface area contributed by atoms with Crippen LogP contribution in [0.1, 0.15) is 40.5 Å². The molecular formula is C15H22O5. The summed E-state index contributed by atoms with van der Waals surface area (Å²) >= 11 is 0. The molecule has 2 aliphatic heterocycles. The van der Waals surface area contributed by atoms with Crippen molar-refractivity contribution in [3.8, 4) is 0 Å². The highest BCUT2D eigenvalue weighted by molar-refractivity contribution is 6.01. The number of rotatable bonds is 1. The topological polar surface area (TPSA) is 76.0 Å². The number of hydrogen-bond donors (Lipinski definition) is 2. The first-order chi connectivity index (χ1) is 9.24. The lowest BCUT2D eigenvalue weighted by Crippen LogP contribution is -2.62. The maximum Gasteiger partial charge on any atom is 0.162 e. The fraction of sp³-hybridized carbons (Fsp3) is 0.800. The number of aliphatic hydroxyl groups is 2. The van der Waals surface area contributed by atoms with Gasteiger partial charge in [0, 0.05) is 18.4 Å². The summed E-state index contributed by atoms with van der Waals surface area (Å²) < 4.78 is 0. The molecule has 1 fully saturated rings. The number of carbonyl (C=O) groups is 1. The van der Waals surface area contributed by atoms with Gasteiger partial charge in [0.25, 0.3) is 0 Å². The van der Waals surface area contributed by atoms with Crippen LogP contribution in [0.5, 0.6) is 0 Å². The molecule has 2 heterocycles. The fourth-order valence-electron chi connectivity index (χ4n) is 4.10. The molecule has 20 heavy (non-hydrogen) atoms. The second kappa shape index (κ2) is 4.13. The highest BCUT2D eigenvalue weighted by atomic mass is 17.2. The third kappa shape index (κ3) is 1.49. The van der Waals surface area contributed by atoms with Gasteiger partial charge in [-0.3, -0.25) is 4.79 Å². The largest absolute Gasteiger partial charge is 0.390 e. The average molecular weight is 282 g/mol. The van der Waals surface area contributed by atoms with Crippen LogP contribution in [0.3, 0.4) is 0 Å². The highest BCUT2D eigenvalue weighted by Crippen LogP contribution is 2.53. The summed E-state index contributed by atoms with van der Waals surface area (Å²) in [6.07, 6.45) is -1.23. The molecular weight excluding hydrogens is 260 g/mol. The summed E-state index contributed by atoms with van der Waals surface area (Å²) in [6, 6.07) is 0. The number of ketones is 1. The van der Waals surface area contributed by atoms with Gasteiger partial charge in [0.15, 0.2) is 11.4 Å². The van der Waals surface area contributed by atoms with E-state index >= 15 is 0 Å². The fourth-order valence-corrected chi connectivity index (χ4v) is 4.10. The molecule has 2 N–H and O–H groups in total. The van der Waals surface area contributed by atoms with Crippen LogP contribution in [0.2, 0.25) is 0 Å². The Balaban J connectivity index is 2.23. The molecule has 0 radical (unpaired) electrons. The van der Waals surface area contributed by atoms with E-state index in [1.165, 1.54) is 0 Å². The molecule has 0 unspecified atom stereocenters. The van der Waals surface area contributed by atoms with E-state index < -0.39 is 23.4 Å². The maximum absolute atomic E-state index is 12.3. The van der Waals surface area contributed by atoms with Gasteiger partial charge >= 0.3 is 0 Å². The number of aliphatic hydroxyl groups excluding tert-OH is 2. The Morgan fingerprint density at radius 3 is 2.50 bits per heavy atom. The van der Waals surface area contributed by atoms with Gasteiger partial charge in [0.2, 0.25) is 0 Å². The van der Waals surface area contributed by atoms with Crippen LogP contribution in [0.15, 0.2) is 11.1 Å². The summed E-state index contributed by atoms with van der Waals surface area (Å²) in [5.41, 5.74) is -0.959. The normalized spacial score (nSPS) is 48.0. The SMILES string of the molecule is CC(C)[C@@]12OO[C@@](C)(C[C@@H]1O)C1=C([C@H](C)CC1=O)[C@H]2O. The molecule has 5 atom stereocenters. The summed E-state index contributed by atoms with van der Waals surface area (Å²) in [6.45, 7) is 7.44. The lowest BCUT2D eigenvalue weighted by Gasteiger charge is -2.48. The molecule has 0 aromatic rings. The van der Waals surface area contributed by atoms with Crippen LogP contribution in [0.25, 0.3) is 0 Å². The van der Waals surface area contributed by atoms with E-state index in [-0.39, 0.29) is 24.0 Å². The van der Waals surface area contributed by atoms with E-state index in [4.69, 9.17) is 9.78 Å². The van der Waals surface area contributed by atoms with Crippen molar-refractivity contribution in [3.63, 3.8) is 0 Å². The first-order valence-electron chi connectivity index (χ1n) is 7.24. The molecule has 5 heteroatoms. The number of Topliss-reactive ketones (excluding diaryl/α,β-unsaturated/α-hetero) is 1. The molecule has 0 aromatic heterocycles. The Labute approximate surface area is 118 Å². The lowest BCUT2D eigenvalue weighted by atomic mass is 9.75. The molecule has 0 saturated carbocycles. The second-order valence-electron chi connectivity index (χ2n) is 6.89. The van der Waals surface area contributed by atoms with Crippen molar-refractivity contribution in [1.29, 1.82) is 0 Å². The molecule has 1 saturated heterocycles. The zero-order valence-corrected chi connectivity index (χ0v) is 12.3. The van der Waals surface area contributed by atoms with E-state index in [9.17, 15) is 15.0 Å². The molecule has 2 bridgehead atoms. The molecule has 4 aliphatic rings. The first-order valence-corrected chi connectivity index (χ1v) is 7.24. The molecule has 112 valence electrons. The van der Waals surface area contributed by atoms with Gasteiger partial charge in [-0.1, -0.05) is 20.8 Å². The van der Waals surface area contributed by atoms with Gasteiger partial charge in [-0.25, -0.2) is 9.78 Å². The van der Waals surface area contributed by atoms with Gasteiger partial charge in [0.05, 0.1) is 6.10 Å². The summed E-state index contributed by atoms with van der Waals surface area (Å²) in [5.74, 6) is -0.196. The minimum Gasteiger partial charge on any atom is -0.390 e. The predicted molar refractivity (Wildman–Crippen MR) is 70.6 cm³/mol. The second-order valence-corrected chi connectivity index (χ2v) is 6.89. The van der Waals surface area contributed by atoms with E-state index in [2.05, 4.69) is 0 Å². The van der Waals surface area contributed by atoms with Gasteiger partial charge in [0.1, 0.15) is 11.7 Å². The first kappa shape index (κ1) is 14.2. The van der Waals surface area contributed by atoms with Crippen LogP contribution >= 0.6 is 0 Å². The summed E-state index contributed by atoms with van der Waals surface area (Å²) in [7, 11) is 0. The third-order valence-corrected chi connectivity index (χ3v) is 5.22. The monoisotopic (exact) mass is 282 g/mol. The number of fused-ring (bicyclic) bond motifs is 2. The average Bonchev–Trinajstić information content (AvgIpc) is 2.54. The Hall–Kier alpha value is -0.750. The van der Waals surface area contributed by atoms with E-state index in [1.54, 1.807) is 6.92 Å². The van der Waals surface area contributed by atoms with Crippen LogP contribution in [0.4, 0.5) is 0 Å². The van der Waals surface area contributed by atoms with Crippen molar-refractivity contribution in [2.24, 2.45) is 11.8 Å². The quantitative estimate of drug-likeness (QED) is 0.705. The molecule has 0 amide bonds. The molecule has 2 aliphatic carbocycles. The lowest BCUT2D eigenvalue weighted by molar-refractivity contribution is -0.461. The van der Waals surface area contributed by atoms with E-state index in [0.717, 1.165) is 0 Å². The number of hydrogen-bond acceptors (Lipinski definition) is 5. The standard InChI is InChI=1S/C15H22O5/c1-7(2)15-10(17)6-14(4,19-20-15)12-9(16)5-8(3)11(12)13(15)18/h7-8,10,13,17-18H,5-6H2,1-4H3/t8-,10+,13-,14+,15-/m1/s1. The maximum atomic E-state index is 12.3. The van der Waals surface area contributed by atoms with Crippen molar-refractivity contribution in [3.05, 3.63) is 11.1 Å². The van der Waals surface area contributed by atoms with Crippen molar-refractivity contribution in [1.82, 2.24) is 0 Å². The Morgan fingerprint density at radius 2 is 1.95 bits per heavy atom. The van der Waals surface area contributed by atoms with Crippen molar-refractivity contribution < 1.29 is 24.8 Å². The van der Waals surface area contributed by atoms with Gasteiger partial charge in [-0.2, -0.15) is 0 Å². The van der Waals surface area contributed by atoms with Crippen molar-refractivity contribution in [2.75, 3.05) is 0 Å². The van der Waals surface area contributed by atoms with Gasteiger partial charge in [-0.05, 0) is 24.3 Å². The zero-order valence-electron chi connectivity index (χ0n) is 12.3. The van der Waals surface area contributed by atoms with Crippen LogP contribution < -0.4 is 0 Å². The minimum absolute atomic E-state index is 0.00805. The summed E-state index contributed by atoms with van der Waals surface area (Å²) in [5, 5.41) is 21.4. The molecule has 0 spiro atoms. The zero-order chi connectivity index (χ0) is 14.9. The van der Waals surface area contributed by atoms with Crippen molar-refractivity contribution in [2.45, 2.75) is 63.9 Å². The smallest absolute Gasteiger partial charge is 0.162 e. The molecule has 0 aromatic carbocycles.